The van der Waals surface area contributed by atoms with Gasteiger partial charge in [-0.15, -0.1) is 0 Å². The third-order valence-corrected chi connectivity index (χ3v) is 4.38. The first kappa shape index (κ1) is 12.9. The van der Waals surface area contributed by atoms with E-state index in [4.69, 9.17) is 11.6 Å². The van der Waals surface area contributed by atoms with Gasteiger partial charge >= 0.3 is 0 Å². The van der Waals surface area contributed by atoms with E-state index in [9.17, 15) is 5.11 Å². The van der Waals surface area contributed by atoms with Gasteiger partial charge in [-0.05, 0) is 42.4 Å². The van der Waals surface area contributed by atoms with Gasteiger partial charge in [0.15, 0.2) is 0 Å². The van der Waals surface area contributed by atoms with E-state index in [0.717, 1.165) is 29.3 Å². The molecule has 1 nitrogen and oxygen atoms in total. The Morgan fingerprint density at radius 1 is 1.18 bits per heavy atom. The van der Waals surface area contributed by atoms with Gasteiger partial charge in [0.1, 0.15) is 0 Å². The minimum atomic E-state index is -0.315. The van der Waals surface area contributed by atoms with E-state index in [-0.39, 0.29) is 6.10 Å². The third-order valence-electron chi connectivity index (χ3n) is 4.13. The normalized spacial score (nSPS) is 26.8. The summed E-state index contributed by atoms with van der Waals surface area (Å²) in [7, 11) is 0. The number of benzene rings is 1. The van der Waals surface area contributed by atoms with Gasteiger partial charge in [-0.25, -0.2) is 0 Å². The third kappa shape index (κ3) is 3.23. The molecule has 0 heterocycles. The predicted molar refractivity (Wildman–Crippen MR) is 72.2 cm³/mol. The summed E-state index contributed by atoms with van der Waals surface area (Å²) in [5.74, 6) is 1.31. The summed E-state index contributed by atoms with van der Waals surface area (Å²) in [5.41, 5.74) is 1.01. The highest BCUT2D eigenvalue weighted by Crippen LogP contribution is 2.37. The Morgan fingerprint density at radius 3 is 2.29 bits per heavy atom. The molecule has 1 fully saturated rings. The molecule has 1 atom stereocenters. The van der Waals surface area contributed by atoms with Gasteiger partial charge in [0.2, 0.25) is 0 Å². The zero-order valence-corrected chi connectivity index (χ0v) is 11.2. The molecule has 1 saturated carbocycles. The van der Waals surface area contributed by atoms with Gasteiger partial charge in [0.25, 0.3) is 0 Å². The second-order valence-corrected chi connectivity index (χ2v) is 5.62. The van der Waals surface area contributed by atoms with Crippen molar-refractivity contribution in [2.45, 2.75) is 45.1 Å². The summed E-state index contributed by atoms with van der Waals surface area (Å²) in [5, 5.41) is 11.1. The molecule has 1 aromatic carbocycles. The van der Waals surface area contributed by atoms with E-state index in [2.05, 4.69) is 6.92 Å². The number of aliphatic hydroxyl groups excluding tert-OH is 1. The van der Waals surface area contributed by atoms with Crippen LogP contribution in [0, 0.1) is 11.8 Å². The maximum atomic E-state index is 10.4. The maximum Gasteiger partial charge on any atom is 0.0818 e. The topological polar surface area (TPSA) is 20.2 Å². The second-order valence-electron chi connectivity index (χ2n) is 5.19. The van der Waals surface area contributed by atoms with Crippen molar-refractivity contribution in [2.24, 2.45) is 11.8 Å². The molecule has 0 amide bonds. The molecule has 17 heavy (non-hydrogen) atoms. The molecule has 2 heteroatoms. The van der Waals surface area contributed by atoms with E-state index >= 15 is 0 Å². The van der Waals surface area contributed by atoms with Gasteiger partial charge in [-0.3, -0.25) is 0 Å². The number of hydrogen-bond donors (Lipinski definition) is 1. The Morgan fingerprint density at radius 2 is 1.76 bits per heavy atom. The van der Waals surface area contributed by atoms with E-state index < -0.39 is 0 Å². The fourth-order valence-corrected chi connectivity index (χ4v) is 2.97. The molecule has 1 aliphatic carbocycles. The lowest BCUT2D eigenvalue weighted by molar-refractivity contribution is 0.0729. The molecule has 1 aliphatic rings. The van der Waals surface area contributed by atoms with Gasteiger partial charge in [0, 0.05) is 5.02 Å². The zero-order valence-electron chi connectivity index (χ0n) is 10.4. The van der Waals surface area contributed by atoms with Crippen LogP contribution in [0.2, 0.25) is 5.02 Å². The Labute approximate surface area is 109 Å². The second kappa shape index (κ2) is 5.88. The maximum absolute atomic E-state index is 10.4. The molecule has 0 spiro atoms. The largest absolute Gasteiger partial charge is 0.388 e. The molecule has 1 unspecified atom stereocenters. The van der Waals surface area contributed by atoms with Crippen LogP contribution in [-0.4, -0.2) is 5.11 Å². The highest BCUT2D eigenvalue weighted by Gasteiger charge is 2.26. The van der Waals surface area contributed by atoms with Crippen molar-refractivity contribution in [1.82, 2.24) is 0 Å². The molecule has 94 valence electrons. The zero-order chi connectivity index (χ0) is 12.3. The molecule has 0 aromatic heterocycles. The van der Waals surface area contributed by atoms with Crippen molar-refractivity contribution in [3.05, 3.63) is 34.9 Å². The lowest BCUT2D eigenvalue weighted by atomic mass is 9.77. The van der Waals surface area contributed by atoms with Crippen LogP contribution in [0.1, 0.15) is 50.7 Å². The summed E-state index contributed by atoms with van der Waals surface area (Å²) in [4.78, 5) is 0. The standard InChI is InChI=1S/C15H21ClO/c1-2-11-3-5-12(6-4-11)15(17)13-7-9-14(16)10-8-13/h7-12,15,17H,2-6H2,1H3. The van der Waals surface area contributed by atoms with E-state index in [1.807, 2.05) is 24.3 Å². The summed E-state index contributed by atoms with van der Waals surface area (Å²) in [6.07, 6.45) is 5.82. The fraction of sp³-hybridized carbons (Fsp3) is 0.600. The highest BCUT2D eigenvalue weighted by atomic mass is 35.5. The first-order valence-electron chi connectivity index (χ1n) is 6.64. The molecule has 0 bridgehead atoms. The molecule has 0 radical (unpaired) electrons. The lowest BCUT2D eigenvalue weighted by Gasteiger charge is -2.31. The van der Waals surface area contributed by atoms with Crippen LogP contribution in [0.3, 0.4) is 0 Å². The summed E-state index contributed by atoms with van der Waals surface area (Å²) >= 11 is 5.86. The van der Waals surface area contributed by atoms with Crippen LogP contribution in [0.5, 0.6) is 0 Å². The van der Waals surface area contributed by atoms with Crippen LogP contribution >= 0.6 is 11.6 Å². The molecule has 1 N–H and O–H groups in total. The average molecular weight is 253 g/mol. The van der Waals surface area contributed by atoms with E-state index in [0.29, 0.717) is 5.92 Å². The fourth-order valence-electron chi connectivity index (χ4n) is 2.84. The SMILES string of the molecule is CCC1CCC(C(O)c2ccc(Cl)cc2)CC1. The Balaban J connectivity index is 1.96. The van der Waals surface area contributed by atoms with Crippen molar-refractivity contribution in [2.75, 3.05) is 0 Å². The Hall–Kier alpha value is -0.530. The summed E-state index contributed by atoms with van der Waals surface area (Å²) in [6.45, 7) is 2.26. The molecular formula is C15H21ClO. The molecule has 0 saturated heterocycles. The number of halogens is 1. The van der Waals surface area contributed by atoms with Gasteiger partial charge < -0.3 is 5.11 Å². The molecule has 2 rings (SSSR count). The first-order valence-corrected chi connectivity index (χ1v) is 7.02. The minimum Gasteiger partial charge on any atom is -0.388 e. The van der Waals surface area contributed by atoms with Crippen LogP contribution in [0.15, 0.2) is 24.3 Å². The van der Waals surface area contributed by atoms with Crippen molar-refractivity contribution in [3.63, 3.8) is 0 Å². The monoisotopic (exact) mass is 252 g/mol. The smallest absolute Gasteiger partial charge is 0.0818 e. The summed E-state index contributed by atoms with van der Waals surface area (Å²) in [6, 6.07) is 7.60. The lowest BCUT2D eigenvalue weighted by Crippen LogP contribution is -2.20. The number of hydrogen-bond acceptors (Lipinski definition) is 1. The van der Waals surface area contributed by atoms with Crippen molar-refractivity contribution < 1.29 is 5.11 Å². The quantitative estimate of drug-likeness (QED) is 0.834. The van der Waals surface area contributed by atoms with Crippen LogP contribution in [0.4, 0.5) is 0 Å². The van der Waals surface area contributed by atoms with Crippen molar-refractivity contribution in [3.8, 4) is 0 Å². The average Bonchev–Trinajstić information content (AvgIpc) is 2.39. The summed E-state index contributed by atoms with van der Waals surface area (Å²) < 4.78 is 0. The van der Waals surface area contributed by atoms with E-state index in [1.54, 1.807) is 0 Å². The molecule has 0 aliphatic heterocycles. The number of rotatable bonds is 3. The van der Waals surface area contributed by atoms with Crippen molar-refractivity contribution in [1.29, 1.82) is 0 Å². The first-order chi connectivity index (χ1) is 8.20. The van der Waals surface area contributed by atoms with Gasteiger partial charge in [-0.1, -0.05) is 49.9 Å². The molecular weight excluding hydrogens is 232 g/mol. The Bertz CT molecular complexity index is 338. The van der Waals surface area contributed by atoms with E-state index in [1.165, 1.54) is 19.3 Å². The van der Waals surface area contributed by atoms with Gasteiger partial charge in [-0.2, -0.15) is 0 Å². The van der Waals surface area contributed by atoms with Gasteiger partial charge in [0.05, 0.1) is 6.10 Å². The minimum absolute atomic E-state index is 0.315. The predicted octanol–water partition coefficient (Wildman–Crippen LogP) is 4.59. The van der Waals surface area contributed by atoms with Crippen molar-refractivity contribution >= 4 is 11.6 Å². The van der Waals surface area contributed by atoms with Crippen LogP contribution in [0.25, 0.3) is 0 Å². The Kier molecular flexibility index (Phi) is 4.47. The number of aliphatic hydroxyl groups is 1. The van der Waals surface area contributed by atoms with Crippen LogP contribution < -0.4 is 0 Å². The molecule has 1 aromatic rings. The highest BCUT2D eigenvalue weighted by molar-refractivity contribution is 6.30. The van der Waals surface area contributed by atoms with Crippen LogP contribution in [-0.2, 0) is 0 Å².